The first kappa shape index (κ1) is 11.1. The molecule has 1 rings (SSSR count). The number of pyridine rings is 1. The fraction of sp³-hybridized carbons (Fsp3) is 0.545. The lowest BCUT2D eigenvalue weighted by atomic mass is 10.1. The molecule has 0 amide bonds. The molecule has 0 radical (unpaired) electrons. The van der Waals surface area contributed by atoms with Gasteiger partial charge in [-0.3, -0.25) is 4.98 Å². The van der Waals surface area contributed by atoms with Gasteiger partial charge in [-0.2, -0.15) is 0 Å². The summed E-state index contributed by atoms with van der Waals surface area (Å²) in [5.41, 5.74) is 2.53. The Labute approximate surface area is 85.9 Å². The Bertz CT molecular complexity index is 260. The quantitative estimate of drug-likeness (QED) is 0.661. The first-order valence-electron chi connectivity index (χ1n) is 5.10. The molecule has 0 atom stereocenters. The number of hydrogen-bond acceptors (Lipinski definition) is 3. The van der Waals surface area contributed by atoms with Crippen LogP contribution >= 0.6 is 0 Å². The van der Waals surface area contributed by atoms with Gasteiger partial charge in [0.05, 0.1) is 5.69 Å². The molecule has 0 aliphatic rings. The van der Waals surface area contributed by atoms with Crippen LogP contribution in [-0.4, -0.2) is 25.6 Å². The van der Waals surface area contributed by atoms with Gasteiger partial charge in [-0.15, -0.1) is 0 Å². The van der Waals surface area contributed by atoms with Gasteiger partial charge in [-0.1, -0.05) is 6.07 Å². The van der Waals surface area contributed by atoms with Crippen molar-refractivity contribution in [1.29, 1.82) is 0 Å². The number of aryl methyl sites for hydroxylation is 1. The predicted molar refractivity (Wildman–Crippen MR) is 59.2 cm³/mol. The van der Waals surface area contributed by atoms with Gasteiger partial charge >= 0.3 is 0 Å². The van der Waals surface area contributed by atoms with Crippen LogP contribution in [0.1, 0.15) is 17.7 Å². The molecule has 0 spiro atoms. The molecule has 3 heteroatoms. The normalized spacial score (nSPS) is 10.4. The number of hydrogen-bond donors (Lipinski definition) is 2. The van der Waals surface area contributed by atoms with Crippen molar-refractivity contribution in [2.75, 3.05) is 20.6 Å². The second-order valence-corrected chi connectivity index (χ2v) is 3.35. The van der Waals surface area contributed by atoms with E-state index in [-0.39, 0.29) is 0 Å². The summed E-state index contributed by atoms with van der Waals surface area (Å²) in [6.45, 7) is 1.92. The Kier molecular flexibility index (Phi) is 5.19. The van der Waals surface area contributed by atoms with Crippen LogP contribution in [-0.2, 0) is 13.0 Å². The van der Waals surface area contributed by atoms with Gasteiger partial charge in [0.15, 0.2) is 0 Å². The van der Waals surface area contributed by atoms with E-state index in [0.717, 1.165) is 19.5 Å². The molecule has 0 aliphatic heterocycles. The lowest BCUT2D eigenvalue weighted by Crippen LogP contribution is -2.12. The molecule has 0 saturated carbocycles. The van der Waals surface area contributed by atoms with Gasteiger partial charge in [-0.05, 0) is 45.1 Å². The number of nitrogens with one attached hydrogen (secondary N) is 2. The molecule has 0 aromatic carbocycles. The Morgan fingerprint density at radius 3 is 2.86 bits per heavy atom. The first-order chi connectivity index (χ1) is 6.88. The zero-order chi connectivity index (χ0) is 10.2. The van der Waals surface area contributed by atoms with Crippen molar-refractivity contribution >= 4 is 0 Å². The Morgan fingerprint density at radius 2 is 2.14 bits per heavy atom. The topological polar surface area (TPSA) is 37.0 Å². The van der Waals surface area contributed by atoms with E-state index in [1.807, 2.05) is 26.4 Å². The van der Waals surface area contributed by atoms with E-state index >= 15 is 0 Å². The minimum Gasteiger partial charge on any atom is -0.320 e. The minimum atomic E-state index is 0.857. The third-order valence-corrected chi connectivity index (χ3v) is 2.20. The molecular formula is C11H19N3. The molecular weight excluding hydrogens is 174 g/mol. The van der Waals surface area contributed by atoms with E-state index in [1.165, 1.54) is 17.7 Å². The largest absolute Gasteiger partial charge is 0.320 e. The maximum absolute atomic E-state index is 4.36. The average Bonchev–Trinajstić information content (AvgIpc) is 2.21. The Balaban J connectivity index is 2.55. The molecule has 3 nitrogen and oxygen atoms in total. The van der Waals surface area contributed by atoms with Gasteiger partial charge in [0.25, 0.3) is 0 Å². The van der Waals surface area contributed by atoms with Crippen LogP contribution in [0, 0.1) is 0 Å². The van der Waals surface area contributed by atoms with E-state index < -0.39 is 0 Å². The van der Waals surface area contributed by atoms with Crippen LogP contribution in [0.2, 0.25) is 0 Å². The Morgan fingerprint density at radius 1 is 1.29 bits per heavy atom. The lowest BCUT2D eigenvalue weighted by molar-refractivity contribution is 0.707. The van der Waals surface area contributed by atoms with Crippen LogP contribution in [0.3, 0.4) is 0 Å². The summed E-state index contributed by atoms with van der Waals surface area (Å²) in [5, 5.41) is 6.29. The number of rotatable bonds is 6. The van der Waals surface area contributed by atoms with Crippen LogP contribution in [0.15, 0.2) is 18.3 Å². The summed E-state index contributed by atoms with van der Waals surface area (Å²) in [4.78, 5) is 4.36. The highest BCUT2D eigenvalue weighted by Crippen LogP contribution is 2.07. The molecule has 1 aromatic rings. The SMILES string of the molecule is CNCCCc1cccnc1CNC. The van der Waals surface area contributed by atoms with Crippen molar-refractivity contribution in [1.82, 2.24) is 15.6 Å². The zero-order valence-corrected chi connectivity index (χ0v) is 9.01. The maximum atomic E-state index is 4.36. The number of nitrogens with zero attached hydrogens (tertiary/aromatic N) is 1. The highest BCUT2D eigenvalue weighted by molar-refractivity contribution is 5.19. The summed E-state index contributed by atoms with van der Waals surface area (Å²) < 4.78 is 0. The van der Waals surface area contributed by atoms with E-state index in [9.17, 15) is 0 Å². The van der Waals surface area contributed by atoms with E-state index in [2.05, 4.69) is 21.7 Å². The summed E-state index contributed by atoms with van der Waals surface area (Å²) in [6.07, 6.45) is 4.12. The van der Waals surface area contributed by atoms with Crippen molar-refractivity contribution in [2.24, 2.45) is 0 Å². The van der Waals surface area contributed by atoms with Crippen LogP contribution in [0.25, 0.3) is 0 Å². The molecule has 1 heterocycles. The zero-order valence-electron chi connectivity index (χ0n) is 9.01. The minimum absolute atomic E-state index is 0.857. The van der Waals surface area contributed by atoms with Crippen molar-refractivity contribution in [3.8, 4) is 0 Å². The van der Waals surface area contributed by atoms with Gasteiger partial charge < -0.3 is 10.6 Å². The van der Waals surface area contributed by atoms with Crippen molar-refractivity contribution in [3.05, 3.63) is 29.6 Å². The van der Waals surface area contributed by atoms with Gasteiger partial charge in [-0.25, -0.2) is 0 Å². The molecule has 78 valence electrons. The molecule has 2 N–H and O–H groups in total. The molecule has 14 heavy (non-hydrogen) atoms. The fourth-order valence-corrected chi connectivity index (χ4v) is 1.48. The van der Waals surface area contributed by atoms with Crippen LogP contribution < -0.4 is 10.6 Å². The third kappa shape index (κ3) is 3.44. The van der Waals surface area contributed by atoms with E-state index in [4.69, 9.17) is 0 Å². The van der Waals surface area contributed by atoms with Crippen molar-refractivity contribution < 1.29 is 0 Å². The standard InChI is InChI=1S/C11H19N3/c1-12-7-3-5-10-6-4-8-14-11(10)9-13-2/h4,6,8,12-13H,3,5,7,9H2,1-2H3. The van der Waals surface area contributed by atoms with Crippen LogP contribution in [0.4, 0.5) is 0 Å². The van der Waals surface area contributed by atoms with Crippen LogP contribution in [0.5, 0.6) is 0 Å². The van der Waals surface area contributed by atoms with E-state index in [1.54, 1.807) is 0 Å². The van der Waals surface area contributed by atoms with Gasteiger partial charge in [0.1, 0.15) is 0 Å². The highest BCUT2D eigenvalue weighted by Gasteiger charge is 2.01. The molecule has 1 aromatic heterocycles. The molecule has 0 bridgehead atoms. The second-order valence-electron chi connectivity index (χ2n) is 3.35. The highest BCUT2D eigenvalue weighted by atomic mass is 14.8. The fourth-order valence-electron chi connectivity index (χ4n) is 1.48. The van der Waals surface area contributed by atoms with Crippen molar-refractivity contribution in [2.45, 2.75) is 19.4 Å². The second kappa shape index (κ2) is 6.51. The summed E-state index contributed by atoms with van der Waals surface area (Å²) >= 11 is 0. The molecule has 0 fully saturated rings. The maximum Gasteiger partial charge on any atom is 0.0573 e. The number of aromatic nitrogens is 1. The van der Waals surface area contributed by atoms with Crippen molar-refractivity contribution in [3.63, 3.8) is 0 Å². The predicted octanol–water partition coefficient (Wildman–Crippen LogP) is 0.953. The average molecular weight is 193 g/mol. The summed E-state index contributed by atoms with van der Waals surface area (Å²) in [7, 11) is 3.93. The molecule has 0 saturated heterocycles. The summed E-state index contributed by atoms with van der Waals surface area (Å²) in [5.74, 6) is 0. The third-order valence-electron chi connectivity index (χ3n) is 2.20. The van der Waals surface area contributed by atoms with Gasteiger partial charge in [0, 0.05) is 12.7 Å². The lowest BCUT2D eigenvalue weighted by Gasteiger charge is -2.07. The molecule has 0 aliphatic carbocycles. The van der Waals surface area contributed by atoms with E-state index in [0.29, 0.717) is 0 Å². The first-order valence-corrected chi connectivity index (χ1v) is 5.10. The Hall–Kier alpha value is -0.930. The van der Waals surface area contributed by atoms with Gasteiger partial charge in [0.2, 0.25) is 0 Å². The molecule has 0 unspecified atom stereocenters. The smallest absolute Gasteiger partial charge is 0.0573 e. The summed E-state index contributed by atoms with van der Waals surface area (Å²) in [6, 6.07) is 4.17. The monoisotopic (exact) mass is 193 g/mol.